The van der Waals surface area contributed by atoms with Crippen LogP contribution in [0.3, 0.4) is 0 Å². The summed E-state index contributed by atoms with van der Waals surface area (Å²) in [5.41, 5.74) is 1.31. The fraction of sp³-hybridized carbons (Fsp3) is 0.600. The predicted octanol–water partition coefficient (Wildman–Crippen LogP) is 6.50. The van der Waals surface area contributed by atoms with Crippen molar-refractivity contribution in [3.05, 3.63) is 48.0 Å². The van der Waals surface area contributed by atoms with E-state index in [4.69, 9.17) is 4.43 Å². The Balaban J connectivity index is 2.52. The van der Waals surface area contributed by atoms with Crippen molar-refractivity contribution in [3.63, 3.8) is 0 Å². The Bertz CT molecular complexity index is 505. The Morgan fingerprint density at radius 3 is 2.00 bits per heavy atom. The number of hydrogen-bond donors (Lipinski definition) is 0. The summed E-state index contributed by atoms with van der Waals surface area (Å²) in [6.45, 7) is 16.5. The zero-order valence-corrected chi connectivity index (χ0v) is 16.3. The SMILES string of the molecule is C[C@H]1C=CC[Si](C(C)(C)C)(C(C)(C)C)O[C@@H]1c1ccccc1. The van der Waals surface area contributed by atoms with E-state index in [0.29, 0.717) is 5.92 Å². The van der Waals surface area contributed by atoms with Crippen LogP contribution in [0.4, 0.5) is 0 Å². The first-order chi connectivity index (χ1) is 10.1. The van der Waals surface area contributed by atoms with Crippen molar-refractivity contribution in [3.8, 4) is 0 Å². The molecule has 1 aliphatic rings. The highest BCUT2D eigenvalue weighted by atomic mass is 28.4. The standard InChI is InChI=1S/C20H32OSi/c1-16-12-11-15-22(19(2,3)4,20(5,6)7)21-18(16)17-13-9-8-10-14-17/h8-14,16,18H,15H2,1-7H3/t16-,18-/m0/s1. The number of allylic oxidation sites excluding steroid dienone is 1. The van der Waals surface area contributed by atoms with Gasteiger partial charge in [0.15, 0.2) is 0 Å². The van der Waals surface area contributed by atoms with E-state index < -0.39 is 8.32 Å². The van der Waals surface area contributed by atoms with Gasteiger partial charge in [0.05, 0.1) is 6.10 Å². The van der Waals surface area contributed by atoms with Crippen molar-refractivity contribution in [1.29, 1.82) is 0 Å². The Hall–Kier alpha value is -0.863. The summed E-state index contributed by atoms with van der Waals surface area (Å²) in [6.07, 6.45) is 4.94. The van der Waals surface area contributed by atoms with Crippen molar-refractivity contribution in [2.75, 3.05) is 0 Å². The summed E-state index contributed by atoms with van der Waals surface area (Å²) in [4.78, 5) is 0. The zero-order valence-electron chi connectivity index (χ0n) is 15.3. The summed E-state index contributed by atoms with van der Waals surface area (Å²) in [5, 5.41) is 0.402. The molecular formula is C20H32OSi. The molecule has 0 N–H and O–H groups in total. The van der Waals surface area contributed by atoms with E-state index in [2.05, 4.69) is 91.0 Å². The van der Waals surface area contributed by atoms with Crippen molar-refractivity contribution in [1.82, 2.24) is 0 Å². The molecule has 0 saturated carbocycles. The van der Waals surface area contributed by atoms with Gasteiger partial charge in [0.25, 0.3) is 0 Å². The molecule has 0 fully saturated rings. The van der Waals surface area contributed by atoms with Gasteiger partial charge in [-0.3, -0.25) is 0 Å². The van der Waals surface area contributed by atoms with Gasteiger partial charge in [-0.05, 0) is 21.7 Å². The van der Waals surface area contributed by atoms with E-state index >= 15 is 0 Å². The Morgan fingerprint density at radius 2 is 1.50 bits per heavy atom. The topological polar surface area (TPSA) is 9.23 Å². The maximum atomic E-state index is 7.10. The fourth-order valence-corrected chi connectivity index (χ4v) is 9.56. The van der Waals surface area contributed by atoms with Crippen LogP contribution in [0.5, 0.6) is 0 Å². The third kappa shape index (κ3) is 3.09. The summed E-state index contributed by atoms with van der Waals surface area (Å²) < 4.78 is 7.10. The molecular weight excluding hydrogens is 284 g/mol. The molecule has 0 saturated heterocycles. The van der Waals surface area contributed by atoms with Crippen LogP contribution in [0.2, 0.25) is 16.1 Å². The minimum atomic E-state index is -2.01. The van der Waals surface area contributed by atoms with Crippen molar-refractivity contribution < 1.29 is 4.43 Å². The molecule has 0 radical (unpaired) electrons. The van der Waals surface area contributed by atoms with Crippen LogP contribution in [-0.4, -0.2) is 8.32 Å². The minimum Gasteiger partial charge on any atom is -0.408 e. The van der Waals surface area contributed by atoms with E-state index in [-0.39, 0.29) is 16.2 Å². The average molecular weight is 317 g/mol. The molecule has 1 aromatic carbocycles. The van der Waals surface area contributed by atoms with Gasteiger partial charge < -0.3 is 4.43 Å². The van der Waals surface area contributed by atoms with E-state index in [1.807, 2.05) is 0 Å². The van der Waals surface area contributed by atoms with Gasteiger partial charge in [-0.15, -0.1) is 0 Å². The van der Waals surface area contributed by atoms with Gasteiger partial charge >= 0.3 is 0 Å². The highest BCUT2D eigenvalue weighted by Crippen LogP contribution is 2.57. The Kier molecular flexibility index (Phi) is 4.75. The molecule has 0 aliphatic carbocycles. The Labute approximate surface area is 137 Å². The molecule has 0 amide bonds. The molecule has 1 heterocycles. The van der Waals surface area contributed by atoms with Gasteiger partial charge in [-0.2, -0.15) is 0 Å². The highest BCUT2D eigenvalue weighted by molar-refractivity contribution is 6.79. The quantitative estimate of drug-likeness (QED) is 0.424. The second kappa shape index (κ2) is 5.97. The minimum absolute atomic E-state index is 0.171. The van der Waals surface area contributed by atoms with Crippen LogP contribution < -0.4 is 0 Å². The maximum Gasteiger partial charge on any atom is 0.207 e. The van der Waals surface area contributed by atoms with E-state index in [1.165, 1.54) is 5.56 Å². The molecule has 0 unspecified atom stereocenters. The van der Waals surface area contributed by atoms with Crippen molar-refractivity contribution in [2.24, 2.45) is 5.92 Å². The summed E-state index contributed by atoms with van der Waals surface area (Å²) in [7, 11) is -2.01. The number of rotatable bonds is 1. The number of benzene rings is 1. The van der Waals surface area contributed by atoms with E-state index in [0.717, 1.165) is 6.04 Å². The van der Waals surface area contributed by atoms with Gasteiger partial charge in [0.2, 0.25) is 8.32 Å². The molecule has 1 aromatic rings. The van der Waals surface area contributed by atoms with Crippen LogP contribution in [0.15, 0.2) is 42.5 Å². The molecule has 1 nitrogen and oxygen atoms in total. The van der Waals surface area contributed by atoms with Crippen molar-refractivity contribution >= 4 is 8.32 Å². The normalized spacial score (nSPS) is 25.8. The molecule has 2 rings (SSSR count). The lowest BCUT2D eigenvalue weighted by atomic mass is 9.97. The first-order valence-corrected chi connectivity index (χ1v) is 10.6. The zero-order chi connectivity index (χ0) is 16.6. The van der Waals surface area contributed by atoms with Crippen LogP contribution in [-0.2, 0) is 4.43 Å². The lowest BCUT2D eigenvalue weighted by Crippen LogP contribution is -2.54. The van der Waals surface area contributed by atoms with Gasteiger partial charge in [-0.1, -0.05) is 91.0 Å². The first-order valence-electron chi connectivity index (χ1n) is 8.48. The second-order valence-corrected chi connectivity index (χ2v) is 14.1. The first kappa shape index (κ1) is 17.5. The third-order valence-corrected chi connectivity index (χ3v) is 11.5. The predicted molar refractivity (Wildman–Crippen MR) is 98.6 cm³/mol. The Morgan fingerprint density at radius 1 is 0.955 bits per heavy atom. The molecule has 1 aliphatic heterocycles. The van der Waals surface area contributed by atoms with Crippen LogP contribution in [0.1, 0.15) is 60.1 Å². The summed E-state index contributed by atoms with van der Waals surface area (Å²) in [5.74, 6) is 0.418. The monoisotopic (exact) mass is 316 g/mol. The molecule has 22 heavy (non-hydrogen) atoms. The van der Waals surface area contributed by atoms with Crippen LogP contribution in [0, 0.1) is 5.92 Å². The third-order valence-electron chi connectivity index (χ3n) is 5.20. The lowest BCUT2D eigenvalue weighted by molar-refractivity contribution is 0.135. The molecule has 122 valence electrons. The average Bonchev–Trinajstić information content (AvgIpc) is 2.58. The smallest absolute Gasteiger partial charge is 0.207 e. The fourth-order valence-electron chi connectivity index (χ4n) is 4.03. The van der Waals surface area contributed by atoms with Crippen molar-refractivity contribution in [2.45, 2.75) is 70.7 Å². The molecule has 0 spiro atoms. The van der Waals surface area contributed by atoms with E-state index in [9.17, 15) is 0 Å². The van der Waals surface area contributed by atoms with Gasteiger partial charge in [0.1, 0.15) is 0 Å². The largest absolute Gasteiger partial charge is 0.408 e. The second-order valence-electron chi connectivity index (χ2n) is 8.77. The summed E-state index contributed by atoms with van der Waals surface area (Å²) >= 11 is 0. The van der Waals surface area contributed by atoms with E-state index in [1.54, 1.807) is 0 Å². The highest BCUT2D eigenvalue weighted by Gasteiger charge is 2.56. The molecule has 2 heteroatoms. The van der Waals surface area contributed by atoms with Crippen LogP contribution in [0.25, 0.3) is 0 Å². The summed E-state index contributed by atoms with van der Waals surface area (Å²) in [6, 6.07) is 11.9. The van der Waals surface area contributed by atoms with Crippen LogP contribution >= 0.6 is 0 Å². The molecule has 0 aromatic heterocycles. The lowest BCUT2D eigenvalue weighted by Gasteiger charge is -2.52. The van der Waals surface area contributed by atoms with Gasteiger partial charge in [0, 0.05) is 5.92 Å². The maximum absolute atomic E-state index is 7.10. The van der Waals surface area contributed by atoms with Gasteiger partial charge in [-0.25, -0.2) is 0 Å². The number of hydrogen-bond acceptors (Lipinski definition) is 1. The molecule has 0 bridgehead atoms. The molecule has 2 atom stereocenters.